The maximum atomic E-state index is 4.39. The molecule has 4 heteroatoms. The van der Waals surface area contributed by atoms with E-state index in [4.69, 9.17) is 0 Å². The van der Waals surface area contributed by atoms with Gasteiger partial charge >= 0.3 is 0 Å². The summed E-state index contributed by atoms with van der Waals surface area (Å²) in [7, 11) is 0. The minimum absolute atomic E-state index is 0.524. The van der Waals surface area contributed by atoms with Gasteiger partial charge in [0.2, 0.25) is 0 Å². The van der Waals surface area contributed by atoms with Gasteiger partial charge in [-0.05, 0) is 12.0 Å². The first kappa shape index (κ1) is 13.3. The Labute approximate surface area is 120 Å². The molecule has 0 saturated heterocycles. The molecular weight excluding hydrogens is 248 g/mol. The lowest BCUT2D eigenvalue weighted by atomic mass is 10.1. The van der Waals surface area contributed by atoms with Crippen LogP contribution in [-0.2, 0) is 19.4 Å². The smallest absolute Gasteiger partial charge is 0.137 e. The summed E-state index contributed by atoms with van der Waals surface area (Å²) in [4.78, 5) is 0. The molecule has 0 unspecified atom stereocenters. The molecule has 1 aromatic carbocycles. The predicted molar refractivity (Wildman–Crippen MR) is 79.7 cm³/mol. The van der Waals surface area contributed by atoms with E-state index in [0.717, 1.165) is 37.5 Å². The van der Waals surface area contributed by atoms with E-state index in [0.29, 0.717) is 12.1 Å². The Kier molecular flexibility index (Phi) is 3.83. The van der Waals surface area contributed by atoms with Crippen molar-refractivity contribution in [3.05, 3.63) is 47.5 Å². The zero-order chi connectivity index (χ0) is 13.9. The molecule has 0 aliphatic carbocycles. The van der Waals surface area contributed by atoms with Crippen molar-refractivity contribution in [1.29, 1.82) is 0 Å². The second-order valence-corrected chi connectivity index (χ2v) is 5.86. The number of hydrogen-bond donors (Lipinski definition) is 1. The Hall–Kier alpha value is -1.68. The SMILES string of the molecule is CC(C)N[C@@H]1CCc2nnc(Cc3ccccc3)n2C1. The highest BCUT2D eigenvalue weighted by Gasteiger charge is 2.22. The number of hydrogen-bond acceptors (Lipinski definition) is 3. The predicted octanol–water partition coefficient (Wildman–Crippen LogP) is 2.18. The van der Waals surface area contributed by atoms with E-state index in [1.54, 1.807) is 0 Å². The van der Waals surface area contributed by atoms with Crippen LogP contribution in [-0.4, -0.2) is 26.8 Å². The highest BCUT2D eigenvalue weighted by atomic mass is 15.3. The molecule has 0 amide bonds. The van der Waals surface area contributed by atoms with Gasteiger partial charge in [0, 0.05) is 31.5 Å². The Bertz CT molecular complexity index is 559. The van der Waals surface area contributed by atoms with Gasteiger partial charge in [-0.15, -0.1) is 10.2 Å². The second-order valence-electron chi connectivity index (χ2n) is 5.86. The topological polar surface area (TPSA) is 42.7 Å². The first-order valence-electron chi connectivity index (χ1n) is 7.43. The standard InChI is InChI=1S/C16H22N4/c1-12(2)17-14-8-9-15-18-19-16(20(15)11-14)10-13-6-4-3-5-7-13/h3-7,12,14,17H,8-11H2,1-2H3/t14-/m1/s1. The zero-order valence-electron chi connectivity index (χ0n) is 12.2. The van der Waals surface area contributed by atoms with Gasteiger partial charge in [0.1, 0.15) is 11.6 Å². The van der Waals surface area contributed by atoms with Gasteiger partial charge in [0.05, 0.1) is 0 Å². The number of fused-ring (bicyclic) bond motifs is 1. The molecule has 1 aliphatic heterocycles. The van der Waals surface area contributed by atoms with E-state index in [9.17, 15) is 0 Å². The molecule has 0 radical (unpaired) electrons. The highest BCUT2D eigenvalue weighted by molar-refractivity contribution is 5.19. The summed E-state index contributed by atoms with van der Waals surface area (Å²) in [6.45, 7) is 5.39. The van der Waals surface area contributed by atoms with Crippen molar-refractivity contribution in [2.45, 2.75) is 51.7 Å². The molecule has 106 valence electrons. The van der Waals surface area contributed by atoms with Gasteiger partial charge in [0.15, 0.2) is 0 Å². The molecule has 1 aliphatic rings. The average Bonchev–Trinajstić information content (AvgIpc) is 2.82. The Morgan fingerprint density at radius 3 is 2.80 bits per heavy atom. The molecule has 2 heterocycles. The summed E-state index contributed by atoms with van der Waals surface area (Å²) >= 11 is 0. The molecule has 4 nitrogen and oxygen atoms in total. The van der Waals surface area contributed by atoms with Crippen LogP contribution in [0.3, 0.4) is 0 Å². The maximum Gasteiger partial charge on any atom is 0.137 e. The van der Waals surface area contributed by atoms with Crippen molar-refractivity contribution in [3.8, 4) is 0 Å². The van der Waals surface area contributed by atoms with Crippen LogP contribution in [0.4, 0.5) is 0 Å². The van der Waals surface area contributed by atoms with E-state index in [1.165, 1.54) is 5.56 Å². The Morgan fingerprint density at radius 2 is 2.05 bits per heavy atom. The van der Waals surface area contributed by atoms with E-state index in [1.807, 2.05) is 6.07 Å². The third-order valence-electron chi connectivity index (χ3n) is 3.80. The summed E-state index contributed by atoms with van der Waals surface area (Å²) in [5.74, 6) is 2.22. The molecule has 1 aromatic heterocycles. The van der Waals surface area contributed by atoms with E-state index < -0.39 is 0 Å². The van der Waals surface area contributed by atoms with Crippen LogP contribution in [0, 0.1) is 0 Å². The van der Waals surface area contributed by atoms with Crippen LogP contribution < -0.4 is 5.32 Å². The fraction of sp³-hybridized carbons (Fsp3) is 0.500. The Balaban J connectivity index is 1.77. The molecule has 1 N–H and O–H groups in total. The van der Waals surface area contributed by atoms with Crippen LogP contribution in [0.1, 0.15) is 37.5 Å². The van der Waals surface area contributed by atoms with E-state index in [-0.39, 0.29) is 0 Å². The third kappa shape index (κ3) is 2.90. The van der Waals surface area contributed by atoms with Crippen molar-refractivity contribution in [3.63, 3.8) is 0 Å². The van der Waals surface area contributed by atoms with Crippen LogP contribution in [0.2, 0.25) is 0 Å². The van der Waals surface area contributed by atoms with Gasteiger partial charge in [-0.1, -0.05) is 44.2 Å². The molecule has 2 aromatic rings. The largest absolute Gasteiger partial charge is 0.313 e. The summed E-state index contributed by atoms with van der Waals surface area (Å²) < 4.78 is 2.30. The molecule has 0 saturated carbocycles. The van der Waals surface area contributed by atoms with Gasteiger partial charge in [0.25, 0.3) is 0 Å². The van der Waals surface area contributed by atoms with E-state index in [2.05, 4.69) is 58.2 Å². The first-order valence-corrected chi connectivity index (χ1v) is 7.43. The summed E-state index contributed by atoms with van der Waals surface area (Å²) in [6.07, 6.45) is 3.04. The van der Waals surface area contributed by atoms with Crippen LogP contribution in [0.15, 0.2) is 30.3 Å². The van der Waals surface area contributed by atoms with Crippen molar-refractivity contribution in [2.24, 2.45) is 0 Å². The summed E-state index contributed by atoms with van der Waals surface area (Å²) in [5.41, 5.74) is 1.29. The van der Waals surface area contributed by atoms with Gasteiger partial charge < -0.3 is 9.88 Å². The second kappa shape index (κ2) is 5.75. The summed E-state index contributed by atoms with van der Waals surface area (Å²) in [5, 5.41) is 12.4. The minimum atomic E-state index is 0.524. The minimum Gasteiger partial charge on any atom is -0.313 e. The molecule has 3 rings (SSSR count). The highest BCUT2D eigenvalue weighted by Crippen LogP contribution is 2.17. The van der Waals surface area contributed by atoms with Crippen molar-refractivity contribution >= 4 is 0 Å². The number of nitrogens with zero attached hydrogens (tertiary/aromatic N) is 3. The fourth-order valence-corrected chi connectivity index (χ4v) is 2.90. The van der Waals surface area contributed by atoms with Crippen molar-refractivity contribution in [2.75, 3.05) is 0 Å². The van der Waals surface area contributed by atoms with Crippen molar-refractivity contribution in [1.82, 2.24) is 20.1 Å². The van der Waals surface area contributed by atoms with Crippen LogP contribution >= 0.6 is 0 Å². The fourth-order valence-electron chi connectivity index (χ4n) is 2.90. The quantitative estimate of drug-likeness (QED) is 0.926. The lowest BCUT2D eigenvalue weighted by Gasteiger charge is -2.27. The van der Waals surface area contributed by atoms with Gasteiger partial charge in [-0.2, -0.15) is 0 Å². The van der Waals surface area contributed by atoms with Crippen LogP contribution in [0.25, 0.3) is 0 Å². The average molecular weight is 270 g/mol. The number of aromatic nitrogens is 3. The normalized spacial score (nSPS) is 18.2. The zero-order valence-corrected chi connectivity index (χ0v) is 12.2. The van der Waals surface area contributed by atoms with Crippen molar-refractivity contribution < 1.29 is 0 Å². The monoisotopic (exact) mass is 270 g/mol. The first-order chi connectivity index (χ1) is 9.72. The summed E-state index contributed by atoms with van der Waals surface area (Å²) in [6, 6.07) is 11.6. The third-order valence-corrected chi connectivity index (χ3v) is 3.80. The molecule has 20 heavy (non-hydrogen) atoms. The van der Waals surface area contributed by atoms with Gasteiger partial charge in [-0.3, -0.25) is 0 Å². The number of aryl methyl sites for hydroxylation is 1. The number of benzene rings is 1. The Morgan fingerprint density at radius 1 is 1.25 bits per heavy atom. The number of rotatable bonds is 4. The lowest BCUT2D eigenvalue weighted by Crippen LogP contribution is -2.41. The number of nitrogens with one attached hydrogen (secondary N) is 1. The molecule has 0 bridgehead atoms. The molecule has 1 atom stereocenters. The maximum absolute atomic E-state index is 4.39. The molecule has 0 spiro atoms. The van der Waals surface area contributed by atoms with Crippen LogP contribution in [0.5, 0.6) is 0 Å². The molecule has 0 fully saturated rings. The lowest BCUT2D eigenvalue weighted by molar-refractivity contribution is 0.353. The van der Waals surface area contributed by atoms with E-state index >= 15 is 0 Å². The van der Waals surface area contributed by atoms with Gasteiger partial charge in [-0.25, -0.2) is 0 Å². The molecular formula is C16H22N4.